The molecule has 1 aromatic carbocycles. The average molecular weight is 258 g/mol. The van der Waals surface area contributed by atoms with Gasteiger partial charge in [-0.05, 0) is 43.2 Å². The lowest BCUT2D eigenvalue weighted by atomic mass is 9.90. The van der Waals surface area contributed by atoms with Crippen molar-refractivity contribution in [2.45, 2.75) is 44.6 Å². The molecule has 1 fully saturated rings. The lowest BCUT2D eigenvalue weighted by molar-refractivity contribution is -0.122. The van der Waals surface area contributed by atoms with Gasteiger partial charge in [0.2, 0.25) is 5.91 Å². The van der Waals surface area contributed by atoms with Gasteiger partial charge in [-0.1, -0.05) is 25.1 Å². The number of amides is 1. The summed E-state index contributed by atoms with van der Waals surface area (Å²) in [5.74, 6) is 0.967. The largest absolute Gasteiger partial charge is 0.328 e. The maximum absolute atomic E-state index is 12.7. The topological polar surface area (TPSA) is 46.3 Å². The molecule has 0 spiro atoms. The van der Waals surface area contributed by atoms with Crippen molar-refractivity contribution in [3.63, 3.8) is 0 Å². The molecule has 0 aromatic heterocycles. The van der Waals surface area contributed by atoms with Gasteiger partial charge < -0.3 is 10.6 Å². The van der Waals surface area contributed by atoms with E-state index in [-0.39, 0.29) is 17.9 Å². The van der Waals surface area contributed by atoms with E-state index >= 15 is 0 Å². The number of hydrogen-bond donors (Lipinski definition) is 1. The van der Waals surface area contributed by atoms with E-state index in [2.05, 4.69) is 25.1 Å². The molecule has 1 aliphatic carbocycles. The number of nitrogens with two attached hydrogens (primary N) is 1. The Bertz CT molecular complexity index is 485. The van der Waals surface area contributed by atoms with Gasteiger partial charge in [-0.25, -0.2) is 0 Å². The molecule has 0 bridgehead atoms. The number of para-hydroxylation sites is 1. The fraction of sp³-hybridized carbons (Fsp3) is 0.562. The molecule has 3 atom stereocenters. The number of carbonyl (C=O) groups excluding carboxylic acids is 1. The first-order valence-electron chi connectivity index (χ1n) is 7.32. The quantitative estimate of drug-likeness (QED) is 0.841. The Morgan fingerprint density at radius 2 is 2.05 bits per heavy atom. The highest BCUT2D eigenvalue weighted by molar-refractivity contribution is 5.96. The van der Waals surface area contributed by atoms with E-state index in [1.165, 1.54) is 5.56 Å². The molecule has 0 unspecified atom stereocenters. The Kier molecular flexibility index (Phi) is 3.31. The van der Waals surface area contributed by atoms with Crippen LogP contribution in [-0.4, -0.2) is 18.5 Å². The Labute approximate surface area is 114 Å². The van der Waals surface area contributed by atoms with Crippen LogP contribution in [0.2, 0.25) is 0 Å². The van der Waals surface area contributed by atoms with Crippen molar-refractivity contribution in [3.05, 3.63) is 29.8 Å². The van der Waals surface area contributed by atoms with Crippen molar-refractivity contribution in [2.24, 2.45) is 11.7 Å². The number of rotatable bonds is 1. The minimum Gasteiger partial charge on any atom is -0.328 e. The molecule has 2 aliphatic rings. The third-order valence-corrected chi connectivity index (χ3v) is 4.63. The second-order valence-electron chi connectivity index (χ2n) is 6.01. The lowest BCUT2D eigenvalue weighted by Gasteiger charge is -2.34. The molecule has 0 saturated heterocycles. The Morgan fingerprint density at radius 3 is 2.79 bits per heavy atom. The molecule has 2 N–H and O–H groups in total. The van der Waals surface area contributed by atoms with Gasteiger partial charge in [0.1, 0.15) is 0 Å². The van der Waals surface area contributed by atoms with Crippen molar-refractivity contribution >= 4 is 11.6 Å². The van der Waals surface area contributed by atoms with Gasteiger partial charge in [-0.3, -0.25) is 4.79 Å². The molecule has 1 aliphatic heterocycles. The number of hydrogen-bond acceptors (Lipinski definition) is 2. The van der Waals surface area contributed by atoms with Gasteiger partial charge in [-0.2, -0.15) is 0 Å². The summed E-state index contributed by atoms with van der Waals surface area (Å²) in [7, 11) is 0. The molecule has 3 heteroatoms. The molecule has 1 saturated carbocycles. The van der Waals surface area contributed by atoms with Crippen LogP contribution in [0.3, 0.4) is 0 Å². The van der Waals surface area contributed by atoms with Crippen LogP contribution < -0.4 is 10.6 Å². The Morgan fingerprint density at radius 1 is 1.26 bits per heavy atom. The number of fused-ring (bicyclic) bond motifs is 1. The molecule has 19 heavy (non-hydrogen) atoms. The van der Waals surface area contributed by atoms with Gasteiger partial charge >= 0.3 is 0 Å². The first-order chi connectivity index (χ1) is 9.16. The van der Waals surface area contributed by atoms with E-state index in [0.717, 1.165) is 37.9 Å². The molecule has 102 valence electrons. The van der Waals surface area contributed by atoms with Crippen LogP contribution in [0, 0.1) is 5.92 Å². The monoisotopic (exact) mass is 258 g/mol. The maximum Gasteiger partial charge on any atom is 0.230 e. The predicted octanol–water partition coefficient (Wildman–Crippen LogP) is 2.65. The molecule has 1 aromatic rings. The summed E-state index contributed by atoms with van der Waals surface area (Å²) in [6.45, 7) is 3.09. The van der Waals surface area contributed by atoms with Crippen molar-refractivity contribution < 1.29 is 4.79 Å². The van der Waals surface area contributed by atoms with Gasteiger partial charge in [0.25, 0.3) is 0 Å². The average Bonchev–Trinajstić information content (AvgIpc) is 2.86. The van der Waals surface area contributed by atoms with E-state index in [1.807, 2.05) is 11.0 Å². The van der Waals surface area contributed by atoms with E-state index in [4.69, 9.17) is 5.73 Å². The molecule has 1 amide bonds. The fourth-order valence-electron chi connectivity index (χ4n) is 3.44. The number of carbonyl (C=O) groups is 1. The van der Waals surface area contributed by atoms with Crippen molar-refractivity contribution in [1.82, 2.24) is 0 Å². The van der Waals surface area contributed by atoms with Crippen LogP contribution in [0.25, 0.3) is 0 Å². The molecule has 3 rings (SSSR count). The molecular formula is C16H22N2O. The van der Waals surface area contributed by atoms with Gasteiger partial charge in [0.05, 0.1) is 0 Å². The van der Waals surface area contributed by atoms with Crippen molar-refractivity contribution in [2.75, 3.05) is 11.4 Å². The van der Waals surface area contributed by atoms with Crippen LogP contribution in [0.1, 0.15) is 44.1 Å². The maximum atomic E-state index is 12.7. The third kappa shape index (κ3) is 2.27. The van der Waals surface area contributed by atoms with Crippen molar-refractivity contribution in [1.29, 1.82) is 0 Å². The summed E-state index contributed by atoms with van der Waals surface area (Å²) >= 11 is 0. The second-order valence-corrected chi connectivity index (χ2v) is 6.01. The highest BCUT2D eigenvalue weighted by atomic mass is 16.2. The minimum atomic E-state index is 0.136. The second kappa shape index (κ2) is 4.97. The molecule has 0 radical (unpaired) electrons. The Hall–Kier alpha value is -1.35. The van der Waals surface area contributed by atoms with E-state index in [9.17, 15) is 4.79 Å². The van der Waals surface area contributed by atoms with E-state index in [0.29, 0.717) is 5.92 Å². The Balaban J connectivity index is 1.86. The number of anilines is 1. The number of nitrogens with zero attached hydrogens (tertiary/aromatic N) is 1. The van der Waals surface area contributed by atoms with Gasteiger partial charge in [0.15, 0.2) is 0 Å². The normalized spacial score (nSPS) is 30.2. The summed E-state index contributed by atoms with van der Waals surface area (Å²) in [5, 5.41) is 0. The summed E-state index contributed by atoms with van der Waals surface area (Å²) < 4.78 is 0. The smallest absolute Gasteiger partial charge is 0.230 e. The van der Waals surface area contributed by atoms with Crippen LogP contribution >= 0.6 is 0 Å². The SMILES string of the molecule is C[C@@H]1CCN(C(=O)[C@H]2CC[C@H](N)C2)c2ccccc21. The van der Waals surface area contributed by atoms with Crippen molar-refractivity contribution in [3.8, 4) is 0 Å². The first kappa shape index (κ1) is 12.7. The predicted molar refractivity (Wildman–Crippen MR) is 77.1 cm³/mol. The van der Waals surface area contributed by atoms with Gasteiger partial charge in [-0.15, -0.1) is 0 Å². The van der Waals surface area contributed by atoms with Crippen LogP contribution in [-0.2, 0) is 4.79 Å². The van der Waals surface area contributed by atoms with E-state index < -0.39 is 0 Å². The van der Waals surface area contributed by atoms with Crippen LogP contribution in [0.15, 0.2) is 24.3 Å². The van der Waals surface area contributed by atoms with Crippen LogP contribution in [0.4, 0.5) is 5.69 Å². The summed E-state index contributed by atoms with van der Waals surface area (Å²) in [6, 6.07) is 8.54. The number of benzene rings is 1. The summed E-state index contributed by atoms with van der Waals surface area (Å²) in [4.78, 5) is 14.7. The highest BCUT2D eigenvalue weighted by Crippen LogP contribution is 2.37. The summed E-state index contributed by atoms with van der Waals surface area (Å²) in [6.07, 6.45) is 3.85. The fourth-order valence-corrected chi connectivity index (χ4v) is 3.44. The molecular weight excluding hydrogens is 236 g/mol. The molecule has 3 nitrogen and oxygen atoms in total. The highest BCUT2D eigenvalue weighted by Gasteiger charge is 2.34. The first-order valence-corrected chi connectivity index (χ1v) is 7.32. The van der Waals surface area contributed by atoms with Gasteiger partial charge in [0, 0.05) is 24.2 Å². The molecule has 1 heterocycles. The zero-order chi connectivity index (χ0) is 13.4. The van der Waals surface area contributed by atoms with Crippen LogP contribution in [0.5, 0.6) is 0 Å². The minimum absolute atomic E-state index is 0.136. The zero-order valence-corrected chi connectivity index (χ0v) is 11.5. The zero-order valence-electron chi connectivity index (χ0n) is 11.5. The standard InChI is InChI=1S/C16H22N2O/c1-11-8-9-18(15-5-3-2-4-14(11)15)16(19)12-6-7-13(17)10-12/h2-5,11-13H,6-10,17H2,1H3/t11-,12+,13+/m1/s1. The third-order valence-electron chi connectivity index (χ3n) is 4.63. The van der Waals surface area contributed by atoms with E-state index in [1.54, 1.807) is 0 Å². The lowest BCUT2D eigenvalue weighted by Crippen LogP contribution is -2.40. The summed E-state index contributed by atoms with van der Waals surface area (Å²) in [5.41, 5.74) is 8.37.